The molecule has 0 atom stereocenters. The van der Waals surface area contributed by atoms with E-state index in [1.165, 1.54) is 0 Å². The van der Waals surface area contributed by atoms with E-state index in [9.17, 15) is 4.70 Å². The summed E-state index contributed by atoms with van der Waals surface area (Å²) < 4.78 is 15.4. The van der Waals surface area contributed by atoms with Gasteiger partial charge in [-0.25, -0.2) is 0 Å². The van der Waals surface area contributed by atoms with Crippen LogP contribution in [0.4, 0.5) is 5.69 Å². The maximum absolute atomic E-state index is 10.6. The molecule has 0 unspecified atom stereocenters. The molecule has 0 aliphatic rings. The van der Waals surface area contributed by atoms with E-state index >= 15 is 0 Å². The summed E-state index contributed by atoms with van der Waals surface area (Å²) in [6.45, 7) is 0.364. The first-order chi connectivity index (χ1) is 6.27. The first kappa shape index (κ1) is 10.2. The summed E-state index contributed by atoms with van der Waals surface area (Å²) in [4.78, 5) is 0. The Labute approximate surface area is 82.3 Å². The van der Waals surface area contributed by atoms with Crippen LogP contribution in [-0.4, -0.2) is 21.0 Å². The molecule has 0 aliphatic heterocycles. The third-order valence-electron chi connectivity index (χ3n) is 1.55. The van der Waals surface area contributed by atoms with Crippen LogP contribution in [0.2, 0.25) is 5.02 Å². The van der Waals surface area contributed by atoms with Crippen LogP contribution in [0, 0.1) is 0 Å². The van der Waals surface area contributed by atoms with Gasteiger partial charge in [0.2, 0.25) is 0 Å². The summed E-state index contributed by atoms with van der Waals surface area (Å²) >= 11 is 5.71. The normalized spacial score (nSPS) is 9.38. The molecule has 0 aromatic heterocycles. The summed E-state index contributed by atoms with van der Waals surface area (Å²) in [7, 11) is 2.33. The average Bonchev–Trinajstić information content (AvgIpc) is 2.16. The molecule has 13 heavy (non-hydrogen) atoms. The van der Waals surface area contributed by atoms with E-state index in [-0.39, 0.29) is 0 Å². The van der Waals surface area contributed by atoms with Gasteiger partial charge in [0.05, 0.1) is 0 Å². The van der Waals surface area contributed by atoms with Crippen LogP contribution in [-0.2, 0) is 9.44 Å². The van der Waals surface area contributed by atoms with Gasteiger partial charge in [-0.1, -0.05) is 0 Å². The van der Waals surface area contributed by atoms with Crippen molar-refractivity contribution in [1.82, 2.24) is 0 Å². The SMILES string of the molecule is COCNc1ccc(Cl)cc1B=O. The number of nitrogens with one attached hydrogen (secondary N) is 1. The summed E-state index contributed by atoms with van der Waals surface area (Å²) in [6.07, 6.45) is 0. The molecule has 1 aromatic carbocycles. The van der Waals surface area contributed by atoms with Gasteiger partial charge in [-0.15, -0.1) is 0 Å². The molecule has 0 bridgehead atoms. The molecular weight excluding hydrogens is 188 g/mol. The number of halogens is 1. The molecule has 0 amide bonds. The van der Waals surface area contributed by atoms with Crippen LogP contribution >= 0.6 is 11.6 Å². The Hall–Kier alpha value is -0.865. The molecular formula is C8H9BClNO2. The Morgan fingerprint density at radius 2 is 2.38 bits per heavy atom. The van der Waals surface area contributed by atoms with E-state index in [2.05, 4.69) is 5.32 Å². The van der Waals surface area contributed by atoms with Crippen LogP contribution in [0.25, 0.3) is 0 Å². The first-order valence-corrected chi connectivity index (χ1v) is 4.13. The van der Waals surface area contributed by atoms with Crippen LogP contribution in [0.5, 0.6) is 0 Å². The maximum atomic E-state index is 10.6. The Morgan fingerprint density at radius 3 is 3.00 bits per heavy atom. The van der Waals surface area contributed by atoms with Crippen LogP contribution in [0.1, 0.15) is 0 Å². The quantitative estimate of drug-likeness (QED) is 0.579. The summed E-state index contributed by atoms with van der Waals surface area (Å²) in [5.41, 5.74) is 1.26. The van der Waals surface area contributed by atoms with Crippen LogP contribution in [0.15, 0.2) is 18.2 Å². The topological polar surface area (TPSA) is 38.3 Å². The molecule has 68 valence electrons. The molecule has 1 N–H and O–H groups in total. The van der Waals surface area contributed by atoms with E-state index in [0.29, 0.717) is 17.2 Å². The monoisotopic (exact) mass is 197 g/mol. The van der Waals surface area contributed by atoms with Crippen LogP contribution in [0.3, 0.4) is 0 Å². The molecule has 5 heteroatoms. The minimum absolute atomic E-state index is 0.364. The Bertz CT molecular complexity index is 306. The summed E-state index contributed by atoms with van der Waals surface area (Å²) in [5, 5.41) is 3.48. The second-order valence-corrected chi connectivity index (χ2v) is 2.90. The zero-order chi connectivity index (χ0) is 9.68. The van der Waals surface area contributed by atoms with Gasteiger partial charge < -0.3 is 0 Å². The molecule has 1 rings (SSSR count). The summed E-state index contributed by atoms with van der Waals surface area (Å²) in [6, 6.07) is 5.06. The second kappa shape index (κ2) is 4.99. The number of anilines is 1. The van der Waals surface area contributed by atoms with Crippen molar-refractivity contribution in [3.8, 4) is 0 Å². The zero-order valence-electron chi connectivity index (χ0n) is 7.21. The van der Waals surface area contributed by atoms with Crippen molar-refractivity contribution >= 4 is 29.9 Å². The van der Waals surface area contributed by atoms with Crippen molar-refractivity contribution in [3.05, 3.63) is 23.2 Å². The van der Waals surface area contributed by atoms with E-state index in [0.717, 1.165) is 12.8 Å². The minimum atomic E-state index is 0.364. The fraction of sp³-hybridized carbons (Fsp3) is 0.250. The molecule has 3 nitrogen and oxygen atoms in total. The van der Waals surface area contributed by atoms with Gasteiger partial charge in [0, 0.05) is 0 Å². The molecule has 0 radical (unpaired) electrons. The van der Waals surface area contributed by atoms with Crippen molar-refractivity contribution < 1.29 is 9.44 Å². The Balaban J connectivity index is 2.86. The van der Waals surface area contributed by atoms with Crippen molar-refractivity contribution in [2.24, 2.45) is 0 Å². The molecule has 0 fully saturated rings. The van der Waals surface area contributed by atoms with Gasteiger partial charge in [-0.2, -0.15) is 0 Å². The first-order valence-electron chi connectivity index (χ1n) is 3.75. The van der Waals surface area contributed by atoms with Crippen molar-refractivity contribution in [2.45, 2.75) is 0 Å². The van der Waals surface area contributed by atoms with Crippen molar-refractivity contribution in [1.29, 1.82) is 0 Å². The van der Waals surface area contributed by atoms with E-state index < -0.39 is 0 Å². The van der Waals surface area contributed by atoms with E-state index in [1.54, 1.807) is 25.3 Å². The number of ether oxygens (including phenoxy) is 1. The van der Waals surface area contributed by atoms with Gasteiger partial charge in [0.25, 0.3) is 0 Å². The van der Waals surface area contributed by atoms with Gasteiger partial charge in [0.1, 0.15) is 0 Å². The number of hydrogen-bond acceptors (Lipinski definition) is 3. The fourth-order valence-corrected chi connectivity index (χ4v) is 1.12. The second-order valence-electron chi connectivity index (χ2n) is 2.46. The number of benzene rings is 1. The third-order valence-corrected chi connectivity index (χ3v) is 1.78. The Kier molecular flexibility index (Phi) is 3.92. The predicted octanol–water partition coefficient (Wildman–Crippen LogP) is 1.03. The van der Waals surface area contributed by atoms with Crippen molar-refractivity contribution in [3.63, 3.8) is 0 Å². The predicted molar refractivity (Wildman–Crippen MR) is 53.0 cm³/mol. The van der Waals surface area contributed by atoms with E-state index in [4.69, 9.17) is 16.3 Å². The van der Waals surface area contributed by atoms with E-state index in [1.807, 2.05) is 0 Å². The summed E-state index contributed by atoms with van der Waals surface area (Å²) in [5.74, 6) is 0. The Morgan fingerprint density at radius 1 is 1.62 bits per heavy atom. The molecule has 0 spiro atoms. The molecule has 0 saturated heterocycles. The standard InChI is InChI=1S/C8H9BClNO2/c1-13-5-11-8-3-2-6(10)4-7(8)9-12/h2-4,11H,5H2,1H3. The fourth-order valence-electron chi connectivity index (χ4n) is 0.942. The number of methoxy groups -OCH3 is 1. The molecule has 0 heterocycles. The zero-order valence-corrected chi connectivity index (χ0v) is 7.97. The molecule has 0 saturated carbocycles. The van der Waals surface area contributed by atoms with Crippen molar-refractivity contribution in [2.75, 3.05) is 19.2 Å². The number of hydrogen-bond donors (Lipinski definition) is 1. The number of rotatable bonds is 4. The van der Waals surface area contributed by atoms with Crippen LogP contribution < -0.4 is 10.8 Å². The average molecular weight is 197 g/mol. The third kappa shape index (κ3) is 2.83. The van der Waals surface area contributed by atoms with Gasteiger partial charge in [0.15, 0.2) is 0 Å². The molecule has 0 aliphatic carbocycles. The molecule has 1 aromatic rings. The van der Waals surface area contributed by atoms with Gasteiger partial charge in [-0.05, 0) is 0 Å². The van der Waals surface area contributed by atoms with Gasteiger partial charge >= 0.3 is 81.7 Å². The van der Waals surface area contributed by atoms with Gasteiger partial charge in [-0.3, -0.25) is 0 Å².